The van der Waals surface area contributed by atoms with Gasteiger partial charge in [-0.3, -0.25) is 0 Å². The molecule has 0 unspecified atom stereocenters. The third-order valence-corrected chi connectivity index (χ3v) is 3.46. The Bertz CT molecular complexity index is 567. The Labute approximate surface area is 120 Å². The molecule has 1 rings (SSSR count). The number of primary sulfonamides is 1. The van der Waals surface area contributed by atoms with Crippen molar-refractivity contribution in [3.63, 3.8) is 0 Å². The van der Waals surface area contributed by atoms with E-state index in [1.807, 2.05) is 0 Å². The van der Waals surface area contributed by atoms with Crippen molar-refractivity contribution in [1.82, 2.24) is 0 Å². The van der Waals surface area contributed by atoms with E-state index in [9.17, 15) is 21.6 Å². The quantitative estimate of drug-likeness (QED) is 0.869. The number of ether oxygens (including phenoxy) is 2. The van der Waals surface area contributed by atoms with Crippen LogP contribution in [0.2, 0.25) is 0 Å². The third kappa shape index (κ3) is 7.76. The molecule has 0 saturated carbocycles. The summed E-state index contributed by atoms with van der Waals surface area (Å²) in [6.45, 7) is 3.35. The maximum Gasteiger partial charge on any atom is 0.573 e. The van der Waals surface area contributed by atoms with Crippen LogP contribution >= 0.6 is 0 Å². The second-order valence-corrected chi connectivity index (χ2v) is 6.89. The predicted octanol–water partition coefficient (Wildman–Crippen LogP) is 2.28. The monoisotopic (exact) mass is 327 g/mol. The van der Waals surface area contributed by atoms with Gasteiger partial charge in [0.05, 0.1) is 12.4 Å². The summed E-state index contributed by atoms with van der Waals surface area (Å²) in [7, 11) is -3.64. The fraction of sp³-hybridized carbons (Fsp3) is 0.500. The van der Waals surface area contributed by atoms with Gasteiger partial charge >= 0.3 is 6.36 Å². The lowest BCUT2D eigenvalue weighted by Gasteiger charge is -2.23. The summed E-state index contributed by atoms with van der Waals surface area (Å²) < 4.78 is 67.1. The first-order valence-corrected chi connectivity index (χ1v) is 7.57. The summed E-state index contributed by atoms with van der Waals surface area (Å²) in [5.41, 5.74) is -0.727. The Kier molecular flexibility index (Phi) is 5.11. The van der Waals surface area contributed by atoms with Gasteiger partial charge in [-0.05, 0) is 24.3 Å². The molecule has 9 heteroatoms. The van der Waals surface area contributed by atoms with Crippen molar-refractivity contribution in [1.29, 1.82) is 0 Å². The molecule has 0 aliphatic heterocycles. The molecule has 0 fully saturated rings. The normalized spacial score (nSPS) is 13.0. The maximum atomic E-state index is 12.0. The van der Waals surface area contributed by atoms with Gasteiger partial charge in [-0.15, -0.1) is 13.2 Å². The van der Waals surface area contributed by atoms with Crippen LogP contribution in [0.5, 0.6) is 11.5 Å². The first-order valence-electron chi connectivity index (χ1n) is 5.85. The van der Waals surface area contributed by atoms with Crippen molar-refractivity contribution in [3.8, 4) is 11.5 Å². The molecule has 0 aliphatic carbocycles. The molecule has 0 aliphatic rings. The highest BCUT2D eigenvalue weighted by molar-refractivity contribution is 7.89. The zero-order chi connectivity index (χ0) is 16.3. The first-order chi connectivity index (χ1) is 9.36. The van der Waals surface area contributed by atoms with E-state index < -0.39 is 21.8 Å². The highest BCUT2D eigenvalue weighted by atomic mass is 32.2. The Morgan fingerprint density at radius 2 is 1.57 bits per heavy atom. The molecular weight excluding hydrogens is 311 g/mol. The molecule has 0 bridgehead atoms. The van der Waals surface area contributed by atoms with Gasteiger partial charge in [-0.25, -0.2) is 13.6 Å². The van der Waals surface area contributed by atoms with Crippen LogP contribution < -0.4 is 14.6 Å². The molecule has 0 aromatic heterocycles. The zero-order valence-corrected chi connectivity index (χ0v) is 12.3. The van der Waals surface area contributed by atoms with Crippen LogP contribution in [0.3, 0.4) is 0 Å². The van der Waals surface area contributed by atoms with Crippen LogP contribution in [0.15, 0.2) is 24.3 Å². The molecule has 0 saturated heterocycles. The minimum atomic E-state index is -4.75. The average molecular weight is 327 g/mol. The number of hydrogen-bond donors (Lipinski definition) is 1. The maximum absolute atomic E-state index is 12.0. The van der Waals surface area contributed by atoms with Gasteiger partial charge in [0.25, 0.3) is 0 Å². The van der Waals surface area contributed by atoms with Gasteiger partial charge < -0.3 is 9.47 Å². The van der Waals surface area contributed by atoms with Gasteiger partial charge in [0, 0.05) is 5.41 Å². The first kappa shape index (κ1) is 17.6. The van der Waals surface area contributed by atoms with E-state index in [2.05, 4.69) is 4.74 Å². The van der Waals surface area contributed by atoms with Crippen molar-refractivity contribution >= 4 is 10.0 Å². The highest BCUT2D eigenvalue weighted by Crippen LogP contribution is 2.26. The van der Waals surface area contributed by atoms with E-state index >= 15 is 0 Å². The van der Waals surface area contributed by atoms with E-state index in [1.165, 1.54) is 12.1 Å². The van der Waals surface area contributed by atoms with Crippen LogP contribution in [0.25, 0.3) is 0 Å². The van der Waals surface area contributed by atoms with Gasteiger partial charge in [0.15, 0.2) is 0 Å². The molecule has 2 N–H and O–H groups in total. The smallest absolute Gasteiger partial charge is 0.493 e. The largest absolute Gasteiger partial charge is 0.573 e. The molecule has 21 heavy (non-hydrogen) atoms. The van der Waals surface area contributed by atoms with Gasteiger partial charge in [-0.1, -0.05) is 13.8 Å². The summed E-state index contributed by atoms with van der Waals surface area (Å²) in [5.74, 6) is -0.333. The summed E-state index contributed by atoms with van der Waals surface area (Å²) in [6.07, 6.45) is -4.75. The van der Waals surface area contributed by atoms with Crippen LogP contribution in [0.4, 0.5) is 13.2 Å². The molecule has 1 aromatic rings. The fourth-order valence-corrected chi connectivity index (χ4v) is 2.78. The van der Waals surface area contributed by atoms with Gasteiger partial charge in [0.1, 0.15) is 11.5 Å². The van der Waals surface area contributed by atoms with Gasteiger partial charge in [-0.2, -0.15) is 0 Å². The van der Waals surface area contributed by atoms with Crippen molar-refractivity contribution in [3.05, 3.63) is 24.3 Å². The molecule has 0 amide bonds. The molecule has 0 spiro atoms. The lowest BCUT2D eigenvalue weighted by atomic mass is 9.98. The predicted molar refractivity (Wildman–Crippen MR) is 70.4 cm³/mol. The summed E-state index contributed by atoms with van der Waals surface area (Å²) >= 11 is 0. The molecule has 1 aromatic carbocycles. The molecule has 0 heterocycles. The molecule has 0 atom stereocenters. The lowest BCUT2D eigenvalue weighted by Crippen LogP contribution is -2.33. The fourth-order valence-electron chi connectivity index (χ4n) is 1.60. The van der Waals surface area contributed by atoms with Crippen molar-refractivity contribution < 1.29 is 31.1 Å². The van der Waals surface area contributed by atoms with Crippen LogP contribution in [-0.2, 0) is 10.0 Å². The second kappa shape index (κ2) is 6.10. The summed E-state index contributed by atoms with van der Waals surface area (Å²) in [6, 6.07) is 4.81. The van der Waals surface area contributed by atoms with E-state index in [1.54, 1.807) is 13.8 Å². The topological polar surface area (TPSA) is 78.6 Å². The van der Waals surface area contributed by atoms with E-state index in [-0.39, 0.29) is 18.1 Å². The second-order valence-electron chi connectivity index (χ2n) is 5.28. The SMILES string of the molecule is CC(C)(COc1ccc(OC(F)(F)F)cc1)CS(N)(=O)=O. The molecule has 0 radical (unpaired) electrons. The summed E-state index contributed by atoms with van der Waals surface area (Å²) in [4.78, 5) is 0. The third-order valence-electron chi connectivity index (χ3n) is 2.28. The van der Waals surface area contributed by atoms with E-state index in [0.717, 1.165) is 12.1 Å². The number of sulfonamides is 1. The zero-order valence-electron chi connectivity index (χ0n) is 11.5. The Balaban J connectivity index is 2.60. The number of rotatable bonds is 6. The van der Waals surface area contributed by atoms with Gasteiger partial charge in [0.2, 0.25) is 10.0 Å². The van der Waals surface area contributed by atoms with E-state index in [0.29, 0.717) is 5.75 Å². The van der Waals surface area contributed by atoms with Crippen molar-refractivity contribution in [2.45, 2.75) is 20.2 Å². The molecule has 5 nitrogen and oxygen atoms in total. The Hall–Kier alpha value is -1.48. The molecular formula is C12H16F3NO4S. The molecule has 120 valence electrons. The minimum absolute atomic E-state index is 0.0445. The van der Waals surface area contributed by atoms with Crippen LogP contribution in [0.1, 0.15) is 13.8 Å². The minimum Gasteiger partial charge on any atom is -0.493 e. The van der Waals surface area contributed by atoms with Crippen LogP contribution in [0, 0.1) is 5.41 Å². The Morgan fingerprint density at radius 3 is 2.00 bits per heavy atom. The van der Waals surface area contributed by atoms with E-state index in [4.69, 9.17) is 9.88 Å². The summed E-state index contributed by atoms with van der Waals surface area (Å²) in [5, 5.41) is 4.96. The number of halogens is 3. The van der Waals surface area contributed by atoms with Crippen molar-refractivity contribution in [2.75, 3.05) is 12.4 Å². The number of nitrogens with two attached hydrogens (primary N) is 1. The Morgan fingerprint density at radius 1 is 1.10 bits per heavy atom. The standard InChI is InChI=1S/C12H16F3NO4S/c1-11(2,8-21(16,17)18)7-19-9-3-5-10(6-4-9)20-12(13,14)15/h3-6H,7-8H2,1-2H3,(H2,16,17,18). The van der Waals surface area contributed by atoms with Crippen LogP contribution in [-0.4, -0.2) is 27.1 Å². The number of benzene rings is 1. The number of hydrogen-bond acceptors (Lipinski definition) is 4. The average Bonchev–Trinajstić information content (AvgIpc) is 2.23. The van der Waals surface area contributed by atoms with Crippen molar-refractivity contribution in [2.24, 2.45) is 10.6 Å². The number of alkyl halides is 3. The lowest BCUT2D eigenvalue weighted by molar-refractivity contribution is -0.274. The highest BCUT2D eigenvalue weighted by Gasteiger charge is 2.31.